The molecule has 0 aliphatic heterocycles. The summed E-state index contributed by atoms with van der Waals surface area (Å²) in [5.74, 6) is 0.145. The van der Waals surface area contributed by atoms with Crippen molar-refractivity contribution >= 4 is 29.3 Å². The molecule has 104 valence electrons. The Morgan fingerprint density at radius 1 is 1.26 bits per heavy atom. The minimum Gasteiger partial charge on any atom is -0.352 e. The smallest absolute Gasteiger partial charge is 0.233 e. The van der Waals surface area contributed by atoms with E-state index in [1.807, 2.05) is 31.2 Å². The van der Waals surface area contributed by atoms with Gasteiger partial charge in [-0.1, -0.05) is 30.9 Å². The summed E-state index contributed by atoms with van der Waals surface area (Å²) in [5, 5.41) is 3.82. The number of hydrogen-bond acceptors (Lipinski definition) is 2. The van der Waals surface area contributed by atoms with E-state index >= 15 is 0 Å². The third kappa shape index (κ3) is 4.73. The highest BCUT2D eigenvalue weighted by atomic mass is 35.5. The van der Waals surface area contributed by atoms with Gasteiger partial charge >= 0.3 is 0 Å². The molecule has 2 nitrogen and oxygen atoms in total. The zero-order valence-electron chi connectivity index (χ0n) is 11.2. The number of carbonyl (C=O) groups excluding carboxylic acids is 1. The molecule has 1 N–H and O–H groups in total. The van der Waals surface area contributed by atoms with Crippen molar-refractivity contribution in [3.05, 3.63) is 29.3 Å². The average Bonchev–Trinajstić information content (AvgIpc) is 2.42. The van der Waals surface area contributed by atoms with Gasteiger partial charge in [-0.25, -0.2) is 0 Å². The number of thioether (sulfide) groups is 1. The standard InChI is InChI=1S/C15H20ClNOS/c1-11(19-14-9-7-12(16)8-10-14)15(18)17-13-5-3-2-4-6-13/h7-11,13H,2-6H2,1H3,(H,17,18). The molecular formula is C15H20ClNOS. The maximum Gasteiger partial charge on any atom is 0.233 e. The van der Waals surface area contributed by atoms with E-state index in [0.717, 1.165) is 22.8 Å². The summed E-state index contributed by atoms with van der Waals surface area (Å²) in [7, 11) is 0. The van der Waals surface area contributed by atoms with Crippen LogP contribution in [0, 0.1) is 0 Å². The molecule has 0 bridgehead atoms. The number of halogens is 1. The number of amides is 1. The van der Waals surface area contributed by atoms with Crippen LogP contribution in [-0.4, -0.2) is 17.2 Å². The van der Waals surface area contributed by atoms with Crippen LogP contribution < -0.4 is 5.32 Å². The van der Waals surface area contributed by atoms with Crippen molar-refractivity contribution in [3.63, 3.8) is 0 Å². The van der Waals surface area contributed by atoms with E-state index in [0.29, 0.717) is 6.04 Å². The first kappa shape index (κ1) is 14.7. The molecule has 1 atom stereocenters. The fraction of sp³-hybridized carbons (Fsp3) is 0.533. The molecule has 1 aromatic carbocycles. The Balaban J connectivity index is 1.83. The minimum absolute atomic E-state index is 0.0666. The molecule has 0 aromatic heterocycles. The van der Waals surface area contributed by atoms with Gasteiger partial charge in [0.05, 0.1) is 5.25 Å². The van der Waals surface area contributed by atoms with Crippen LogP contribution in [0.5, 0.6) is 0 Å². The van der Waals surface area contributed by atoms with Crippen LogP contribution in [0.25, 0.3) is 0 Å². The summed E-state index contributed by atoms with van der Waals surface area (Å²) in [6.07, 6.45) is 6.04. The molecule has 1 saturated carbocycles. The molecule has 4 heteroatoms. The van der Waals surface area contributed by atoms with Crippen LogP contribution in [-0.2, 0) is 4.79 Å². The molecule has 19 heavy (non-hydrogen) atoms. The zero-order chi connectivity index (χ0) is 13.7. The largest absolute Gasteiger partial charge is 0.352 e. The van der Waals surface area contributed by atoms with E-state index in [9.17, 15) is 4.79 Å². The van der Waals surface area contributed by atoms with E-state index < -0.39 is 0 Å². The van der Waals surface area contributed by atoms with Gasteiger partial charge in [-0.15, -0.1) is 11.8 Å². The van der Waals surface area contributed by atoms with Crippen molar-refractivity contribution in [1.82, 2.24) is 5.32 Å². The van der Waals surface area contributed by atoms with E-state index in [1.165, 1.54) is 19.3 Å². The number of nitrogens with one attached hydrogen (secondary N) is 1. The summed E-state index contributed by atoms with van der Waals surface area (Å²) in [4.78, 5) is 13.2. The van der Waals surface area contributed by atoms with E-state index in [1.54, 1.807) is 11.8 Å². The first-order valence-corrected chi connectivity index (χ1v) is 8.13. The third-order valence-corrected chi connectivity index (χ3v) is 4.81. The van der Waals surface area contributed by atoms with Crippen LogP contribution in [0.15, 0.2) is 29.2 Å². The van der Waals surface area contributed by atoms with Gasteiger partial charge in [-0.2, -0.15) is 0 Å². The molecule has 0 heterocycles. The molecule has 0 spiro atoms. The van der Waals surface area contributed by atoms with Crippen LogP contribution in [0.2, 0.25) is 5.02 Å². The lowest BCUT2D eigenvalue weighted by Gasteiger charge is -2.24. The SMILES string of the molecule is CC(Sc1ccc(Cl)cc1)C(=O)NC1CCCCC1. The average molecular weight is 298 g/mol. The third-order valence-electron chi connectivity index (χ3n) is 3.45. The van der Waals surface area contributed by atoms with Crippen molar-refractivity contribution in [2.24, 2.45) is 0 Å². The maximum atomic E-state index is 12.1. The number of rotatable bonds is 4. The monoisotopic (exact) mass is 297 g/mol. The molecule has 1 unspecified atom stereocenters. The molecule has 1 aliphatic carbocycles. The molecule has 1 aliphatic rings. The quantitative estimate of drug-likeness (QED) is 0.841. The van der Waals surface area contributed by atoms with E-state index in [2.05, 4.69) is 5.32 Å². The second-order valence-electron chi connectivity index (χ2n) is 5.06. The molecule has 0 radical (unpaired) electrons. The van der Waals surface area contributed by atoms with Gasteiger partial charge in [0.2, 0.25) is 5.91 Å². The van der Waals surface area contributed by atoms with E-state index in [-0.39, 0.29) is 11.2 Å². The summed E-state index contributed by atoms with van der Waals surface area (Å²) in [6, 6.07) is 8.01. The Kier molecular flexibility index (Phi) is 5.59. The van der Waals surface area contributed by atoms with Crippen molar-refractivity contribution in [3.8, 4) is 0 Å². The van der Waals surface area contributed by atoms with Gasteiger partial charge in [0.1, 0.15) is 0 Å². The summed E-state index contributed by atoms with van der Waals surface area (Å²) in [6.45, 7) is 1.96. The second-order valence-corrected chi connectivity index (χ2v) is 6.91. The minimum atomic E-state index is -0.0666. The molecule has 1 amide bonds. The first-order chi connectivity index (χ1) is 9.15. The van der Waals surface area contributed by atoms with Crippen molar-refractivity contribution in [2.45, 2.75) is 55.2 Å². The van der Waals surface area contributed by atoms with Crippen LogP contribution in [0.3, 0.4) is 0 Å². The summed E-state index contributed by atoms with van der Waals surface area (Å²) in [5.41, 5.74) is 0. The highest BCUT2D eigenvalue weighted by molar-refractivity contribution is 8.00. The molecule has 1 fully saturated rings. The van der Waals surface area contributed by atoms with E-state index in [4.69, 9.17) is 11.6 Å². The van der Waals surface area contributed by atoms with Crippen LogP contribution >= 0.6 is 23.4 Å². The number of carbonyl (C=O) groups is 1. The molecular weight excluding hydrogens is 278 g/mol. The van der Waals surface area contributed by atoms with Gasteiger partial charge in [0.25, 0.3) is 0 Å². The molecule has 0 saturated heterocycles. The van der Waals surface area contributed by atoms with Crippen molar-refractivity contribution < 1.29 is 4.79 Å². The number of benzene rings is 1. The Labute approximate surface area is 124 Å². The Bertz CT molecular complexity index is 415. The fourth-order valence-corrected chi connectivity index (χ4v) is 3.34. The Morgan fingerprint density at radius 3 is 2.53 bits per heavy atom. The number of hydrogen-bond donors (Lipinski definition) is 1. The lowest BCUT2D eigenvalue weighted by atomic mass is 9.95. The second kappa shape index (κ2) is 7.20. The molecule has 1 aromatic rings. The predicted octanol–water partition coefficient (Wildman–Crippen LogP) is 4.27. The Hall–Kier alpha value is -0.670. The van der Waals surface area contributed by atoms with Crippen LogP contribution in [0.4, 0.5) is 0 Å². The summed E-state index contributed by atoms with van der Waals surface area (Å²) >= 11 is 7.43. The van der Waals surface area contributed by atoms with Gasteiger partial charge in [-0.3, -0.25) is 4.79 Å². The zero-order valence-corrected chi connectivity index (χ0v) is 12.8. The highest BCUT2D eigenvalue weighted by Crippen LogP contribution is 2.25. The maximum absolute atomic E-state index is 12.1. The van der Waals surface area contributed by atoms with Gasteiger partial charge < -0.3 is 5.32 Å². The predicted molar refractivity (Wildman–Crippen MR) is 81.8 cm³/mol. The molecule has 2 rings (SSSR count). The lowest BCUT2D eigenvalue weighted by Crippen LogP contribution is -2.40. The summed E-state index contributed by atoms with van der Waals surface area (Å²) < 4.78 is 0. The van der Waals surface area contributed by atoms with Gasteiger partial charge in [-0.05, 0) is 44.0 Å². The normalized spacial score (nSPS) is 18.0. The van der Waals surface area contributed by atoms with Crippen molar-refractivity contribution in [1.29, 1.82) is 0 Å². The first-order valence-electron chi connectivity index (χ1n) is 6.88. The van der Waals surface area contributed by atoms with Crippen molar-refractivity contribution in [2.75, 3.05) is 0 Å². The van der Waals surface area contributed by atoms with Gasteiger partial charge in [0.15, 0.2) is 0 Å². The fourth-order valence-electron chi connectivity index (χ4n) is 2.34. The Morgan fingerprint density at radius 2 is 1.89 bits per heavy atom. The van der Waals surface area contributed by atoms with Gasteiger partial charge in [0, 0.05) is 16.0 Å². The topological polar surface area (TPSA) is 29.1 Å². The lowest BCUT2D eigenvalue weighted by molar-refractivity contribution is -0.121. The van der Waals surface area contributed by atoms with Crippen LogP contribution in [0.1, 0.15) is 39.0 Å². The highest BCUT2D eigenvalue weighted by Gasteiger charge is 2.20.